The fraction of sp³-hybridized carbons (Fsp3) is 0.951. The number of phosphoric ester groups is 1. The van der Waals surface area contributed by atoms with Gasteiger partial charge in [0, 0.05) is 13.0 Å². The predicted octanol–water partition coefficient (Wildman–Crippen LogP) is 11.6. The quantitative estimate of drug-likeness (QED) is 0.0311. The van der Waals surface area contributed by atoms with Gasteiger partial charge in [-0.05, 0) is 12.8 Å². The van der Waals surface area contributed by atoms with Crippen LogP contribution in [0.1, 0.15) is 213 Å². The Morgan fingerprint density at radius 3 is 1.27 bits per heavy atom. The fourth-order valence-electron chi connectivity index (χ4n) is 6.25. The summed E-state index contributed by atoms with van der Waals surface area (Å²) in [5.41, 5.74) is 5.35. The first-order chi connectivity index (χ1) is 25.2. The Labute approximate surface area is 319 Å². The van der Waals surface area contributed by atoms with Gasteiger partial charge in [-0.1, -0.05) is 194 Å². The van der Waals surface area contributed by atoms with E-state index >= 15 is 0 Å². The summed E-state index contributed by atoms with van der Waals surface area (Å²) < 4.78 is 33.3. The van der Waals surface area contributed by atoms with Crippen LogP contribution in [0.5, 0.6) is 0 Å². The summed E-state index contributed by atoms with van der Waals surface area (Å²) in [6, 6.07) is -1.47. The normalized spacial score (nSPS) is 13.9. The first-order valence-electron chi connectivity index (χ1n) is 21.6. The molecule has 0 aliphatic carbocycles. The minimum atomic E-state index is -4.60. The summed E-state index contributed by atoms with van der Waals surface area (Å²) in [5, 5.41) is 8.88. The van der Waals surface area contributed by atoms with Gasteiger partial charge in [-0.2, -0.15) is 0 Å². The molecule has 0 bridgehead atoms. The lowest BCUT2D eigenvalue weighted by Gasteiger charge is -2.20. The van der Waals surface area contributed by atoms with E-state index < -0.39 is 45.1 Å². The maximum atomic E-state index is 12.6. The Balaban J connectivity index is 4.16. The van der Waals surface area contributed by atoms with Gasteiger partial charge in [0.25, 0.3) is 0 Å². The molecule has 0 spiro atoms. The number of ether oxygens (including phenoxy) is 2. The number of nitrogens with two attached hydrogens (primary N) is 1. The predicted molar refractivity (Wildman–Crippen MR) is 213 cm³/mol. The number of carbonyl (C=O) groups excluding carboxylic acids is 1. The lowest BCUT2D eigenvalue weighted by molar-refractivity contribution is -0.154. The topological polar surface area (TPSA) is 155 Å². The third kappa shape index (κ3) is 37.3. The molecule has 0 aromatic heterocycles. The number of esters is 1. The number of carboxylic acids is 1. The summed E-state index contributed by atoms with van der Waals surface area (Å²) >= 11 is 0. The van der Waals surface area contributed by atoms with E-state index in [0.717, 1.165) is 38.5 Å². The van der Waals surface area contributed by atoms with Crippen molar-refractivity contribution >= 4 is 19.8 Å². The standard InChI is InChI=1S/C41H82NO9P/c1-3-5-7-9-11-13-15-17-18-19-20-21-22-24-26-28-30-32-34-48-35-38(36-49-52(46,47)50-37-39(42)41(44)45)51-40(43)33-31-29-27-25-23-16-14-12-10-8-6-4-2/h38-39H,3-37,42H2,1-2H3,(H,44,45)(H,46,47). The lowest BCUT2D eigenvalue weighted by Crippen LogP contribution is -2.34. The van der Waals surface area contributed by atoms with Crippen molar-refractivity contribution in [2.24, 2.45) is 5.73 Å². The van der Waals surface area contributed by atoms with Gasteiger partial charge < -0.3 is 25.2 Å². The number of hydrogen-bond acceptors (Lipinski definition) is 8. The Kier molecular flexibility index (Phi) is 37.5. The Bertz CT molecular complexity index is 847. The van der Waals surface area contributed by atoms with Gasteiger partial charge in [-0.3, -0.25) is 18.6 Å². The molecular weight excluding hydrogens is 681 g/mol. The van der Waals surface area contributed by atoms with Gasteiger partial charge in [0.1, 0.15) is 12.1 Å². The molecule has 0 aromatic carbocycles. The number of rotatable bonds is 42. The molecule has 3 atom stereocenters. The Morgan fingerprint density at radius 2 is 0.885 bits per heavy atom. The minimum Gasteiger partial charge on any atom is -0.480 e. The molecule has 0 saturated heterocycles. The number of unbranched alkanes of at least 4 members (excludes halogenated alkanes) is 28. The van der Waals surface area contributed by atoms with Crippen LogP contribution >= 0.6 is 7.82 Å². The van der Waals surface area contributed by atoms with Crippen molar-refractivity contribution in [1.82, 2.24) is 0 Å². The van der Waals surface area contributed by atoms with Gasteiger partial charge in [0.2, 0.25) is 0 Å². The molecule has 310 valence electrons. The molecule has 0 saturated carbocycles. The van der Waals surface area contributed by atoms with Crippen molar-refractivity contribution in [3.63, 3.8) is 0 Å². The van der Waals surface area contributed by atoms with Crippen molar-refractivity contribution in [3.8, 4) is 0 Å². The molecule has 0 amide bonds. The molecule has 10 nitrogen and oxygen atoms in total. The summed E-state index contributed by atoms with van der Waals surface area (Å²) in [4.78, 5) is 33.4. The van der Waals surface area contributed by atoms with Crippen LogP contribution in [-0.2, 0) is 32.7 Å². The third-order valence-corrected chi connectivity index (χ3v) is 10.6. The smallest absolute Gasteiger partial charge is 0.472 e. The highest BCUT2D eigenvalue weighted by Gasteiger charge is 2.27. The van der Waals surface area contributed by atoms with Crippen LogP contribution < -0.4 is 5.73 Å². The largest absolute Gasteiger partial charge is 0.480 e. The van der Waals surface area contributed by atoms with E-state index in [-0.39, 0.29) is 13.0 Å². The molecule has 0 aliphatic heterocycles. The van der Waals surface area contributed by atoms with Crippen LogP contribution in [0.2, 0.25) is 0 Å². The van der Waals surface area contributed by atoms with Gasteiger partial charge in [0.15, 0.2) is 0 Å². The minimum absolute atomic E-state index is 0.0256. The van der Waals surface area contributed by atoms with E-state index in [1.54, 1.807) is 0 Å². The van der Waals surface area contributed by atoms with Crippen LogP contribution in [0.15, 0.2) is 0 Å². The van der Waals surface area contributed by atoms with E-state index in [2.05, 4.69) is 13.8 Å². The van der Waals surface area contributed by atoms with Crippen molar-refractivity contribution in [2.75, 3.05) is 26.4 Å². The average molecular weight is 764 g/mol. The maximum absolute atomic E-state index is 12.6. The average Bonchev–Trinajstić information content (AvgIpc) is 3.12. The highest BCUT2D eigenvalue weighted by molar-refractivity contribution is 7.47. The zero-order chi connectivity index (χ0) is 38.4. The summed E-state index contributed by atoms with van der Waals surface area (Å²) in [6.45, 7) is 3.92. The maximum Gasteiger partial charge on any atom is 0.472 e. The molecule has 0 fully saturated rings. The Hall–Kier alpha value is -1.03. The first kappa shape index (κ1) is 51.0. The van der Waals surface area contributed by atoms with Crippen molar-refractivity contribution in [1.29, 1.82) is 0 Å². The number of carboxylic acid groups (broad SMARTS) is 1. The summed E-state index contributed by atoms with van der Waals surface area (Å²) in [6.07, 6.45) is 37.2. The number of phosphoric acid groups is 1. The summed E-state index contributed by atoms with van der Waals surface area (Å²) in [5.74, 6) is -1.77. The molecule has 0 radical (unpaired) electrons. The zero-order valence-corrected chi connectivity index (χ0v) is 34.6. The second-order valence-corrected chi connectivity index (χ2v) is 16.3. The fourth-order valence-corrected chi connectivity index (χ4v) is 7.03. The SMILES string of the molecule is CCCCCCCCCCCCCCCCCCCCOCC(COP(=O)(O)OCC(N)C(=O)O)OC(=O)CCCCCCCCCCCCCC. The second-order valence-electron chi connectivity index (χ2n) is 14.8. The first-order valence-corrected chi connectivity index (χ1v) is 23.1. The third-order valence-electron chi connectivity index (χ3n) is 9.64. The van der Waals surface area contributed by atoms with Gasteiger partial charge in [-0.15, -0.1) is 0 Å². The van der Waals surface area contributed by atoms with E-state index in [1.807, 2.05) is 0 Å². The number of carbonyl (C=O) groups is 2. The molecule has 52 heavy (non-hydrogen) atoms. The van der Waals surface area contributed by atoms with Crippen LogP contribution in [0.25, 0.3) is 0 Å². The van der Waals surface area contributed by atoms with Crippen molar-refractivity contribution < 1.29 is 42.7 Å². The molecule has 3 unspecified atom stereocenters. The second kappa shape index (κ2) is 38.3. The van der Waals surface area contributed by atoms with Crippen molar-refractivity contribution in [2.45, 2.75) is 225 Å². The Morgan fingerprint density at radius 1 is 0.538 bits per heavy atom. The van der Waals surface area contributed by atoms with E-state index in [9.17, 15) is 19.0 Å². The molecule has 4 N–H and O–H groups in total. The van der Waals surface area contributed by atoms with E-state index in [0.29, 0.717) is 6.61 Å². The summed E-state index contributed by atoms with van der Waals surface area (Å²) in [7, 11) is -4.60. The van der Waals surface area contributed by atoms with Gasteiger partial charge >= 0.3 is 19.8 Å². The molecule has 11 heteroatoms. The number of hydrogen-bond donors (Lipinski definition) is 3. The molecule has 0 aromatic rings. The monoisotopic (exact) mass is 764 g/mol. The lowest BCUT2D eigenvalue weighted by atomic mass is 10.0. The molecule has 0 rings (SSSR count). The molecule has 0 aliphatic rings. The van der Waals surface area contributed by atoms with Gasteiger partial charge in [-0.25, -0.2) is 4.57 Å². The van der Waals surface area contributed by atoms with Crippen LogP contribution in [0, 0.1) is 0 Å². The van der Waals surface area contributed by atoms with Crippen molar-refractivity contribution in [3.05, 3.63) is 0 Å². The molecule has 0 heterocycles. The number of aliphatic carboxylic acids is 1. The van der Waals surface area contributed by atoms with E-state index in [4.69, 9.17) is 29.4 Å². The van der Waals surface area contributed by atoms with Crippen LogP contribution in [0.3, 0.4) is 0 Å². The highest BCUT2D eigenvalue weighted by atomic mass is 31.2. The van der Waals surface area contributed by atoms with E-state index in [1.165, 1.54) is 154 Å². The van der Waals surface area contributed by atoms with Crippen LogP contribution in [0.4, 0.5) is 0 Å². The zero-order valence-electron chi connectivity index (χ0n) is 33.7. The highest BCUT2D eigenvalue weighted by Crippen LogP contribution is 2.43. The van der Waals surface area contributed by atoms with Gasteiger partial charge in [0.05, 0.1) is 19.8 Å². The van der Waals surface area contributed by atoms with Crippen LogP contribution in [-0.4, -0.2) is 60.5 Å². The molecular formula is C41H82NO9P.